The van der Waals surface area contributed by atoms with Gasteiger partial charge in [-0.2, -0.15) is 4.68 Å². The summed E-state index contributed by atoms with van der Waals surface area (Å²) in [6.45, 7) is 9.51. The van der Waals surface area contributed by atoms with Crippen molar-refractivity contribution in [1.29, 1.82) is 0 Å². The first-order valence-electron chi connectivity index (χ1n) is 12.4. The van der Waals surface area contributed by atoms with E-state index in [0.29, 0.717) is 5.82 Å². The minimum atomic E-state index is -0.0254. The minimum absolute atomic E-state index is 0.0254. The molecule has 1 amide bonds. The number of rotatable bonds is 5. The van der Waals surface area contributed by atoms with Crippen LogP contribution in [0.25, 0.3) is 0 Å². The molecule has 8 nitrogen and oxygen atoms in total. The molecule has 34 heavy (non-hydrogen) atoms. The predicted molar refractivity (Wildman–Crippen MR) is 138 cm³/mol. The van der Waals surface area contributed by atoms with E-state index in [1.807, 2.05) is 17.2 Å². The summed E-state index contributed by atoms with van der Waals surface area (Å²) in [6.07, 6.45) is 8.20. The van der Waals surface area contributed by atoms with Gasteiger partial charge in [0.2, 0.25) is 0 Å². The number of aromatic nitrogens is 2. The first-order valence-corrected chi connectivity index (χ1v) is 13.6. The molecule has 9 heteroatoms. The lowest BCUT2D eigenvalue weighted by atomic mass is 9.84. The topological polar surface area (TPSA) is 65.9 Å². The maximum Gasteiger partial charge on any atom is 0.344 e. The first-order chi connectivity index (χ1) is 16.6. The first kappa shape index (κ1) is 23.5. The summed E-state index contributed by atoms with van der Waals surface area (Å²) in [5, 5.41) is 4.36. The highest BCUT2D eigenvalue weighted by atomic mass is 32.2. The van der Waals surface area contributed by atoms with Gasteiger partial charge in [-0.15, -0.1) is 5.10 Å². The van der Waals surface area contributed by atoms with Gasteiger partial charge < -0.3 is 19.3 Å². The lowest BCUT2D eigenvalue weighted by Gasteiger charge is -2.45. The number of nitrogens with zero attached hydrogens (tertiary/aromatic N) is 5. The molecule has 3 saturated heterocycles. The number of amides is 1. The zero-order valence-corrected chi connectivity index (χ0v) is 21.1. The molecule has 0 unspecified atom stereocenters. The summed E-state index contributed by atoms with van der Waals surface area (Å²) < 4.78 is 10.1. The summed E-state index contributed by atoms with van der Waals surface area (Å²) in [6, 6.07) is 8.57. The van der Waals surface area contributed by atoms with Gasteiger partial charge >= 0.3 is 6.03 Å². The third-order valence-electron chi connectivity index (χ3n) is 7.83. The Bertz CT molecular complexity index is 997. The van der Waals surface area contributed by atoms with Gasteiger partial charge in [0.05, 0.1) is 13.2 Å². The van der Waals surface area contributed by atoms with Crippen molar-refractivity contribution < 1.29 is 9.53 Å². The van der Waals surface area contributed by atoms with Gasteiger partial charge in [0.15, 0.2) is 5.82 Å². The van der Waals surface area contributed by atoms with E-state index in [-0.39, 0.29) is 11.6 Å². The lowest BCUT2D eigenvalue weighted by molar-refractivity contribution is 0.0584. The molecule has 2 aromatic rings. The number of anilines is 2. The van der Waals surface area contributed by atoms with E-state index in [1.165, 1.54) is 46.3 Å². The molecular formula is C25H36N6O2S. The minimum Gasteiger partial charge on any atom is -0.378 e. The molecule has 1 spiro atoms. The van der Waals surface area contributed by atoms with E-state index in [2.05, 4.69) is 44.7 Å². The van der Waals surface area contributed by atoms with Gasteiger partial charge in [0, 0.05) is 62.5 Å². The average Bonchev–Trinajstić information content (AvgIpc) is 3.49. The Morgan fingerprint density at radius 2 is 1.91 bits per heavy atom. The van der Waals surface area contributed by atoms with Crippen LogP contribution >= 0.6 is 11.9 Å². The van der Waals surface area contributed by atoms with E-state index in [0.717, 1.165) is 65.3 Å². The van der Waals surface area contributed by atoms with E-state index >= 15 is 0 Å². The largest absolute Gasteiger partial charge is 0.378 e. The number of likely N-dealkylation sites (tertiary alicyclic amines) is 2. The summed E-state index contributed by atoms with van der Waals surface area (Å²) in [4.78, 5) is 20.1. The SMILES string of the molecule is CSNc1ccn(C(=O)N2CCC3(CCCN3Cc3cccc(N4CCOCC4)c3C)CC2)n1. The van der Waals surface area contributed by atoms with Crippen LogP contribution in [0.5, 0.6) is 0 Å². The number of carbonyl (C=O) groups excluding carboxylic acids is 1. The number of hydrogen-bond donors (Lipinski definition) is 1. The number of piperidine rings is 1. The molecule has 1 aromatic carbocycles. The van der Waals surface area contributed by atoms with Gasteiger partial charge in [-0.1, -0.05) is 24.1 Å². The molecule has 3 aliphatic rings. The van der Waals surface area contributed by atoms with Crippen molar-refractivity contribution in [2.45, 2.75) is 44.7 Å². The summed E-state index contributed by atoms with van der Waals surface area (Å²) in [7, 11) is 0. The Hall–Kier alpha value is -2.23. The number of carbonyl (C=O) groups is 1. The molecule has 0 bridgehead atoms. The highest BCUT2D eigenvalue weighted by molar-refractivity contribution is 7.99. The van der Waals surface area contributed by atoms with Crippen LogP contribution in [0.4, 0.5) is 16.3 Å². The lowest BCUT2D eigenvalue weighted by Crippen LogP contribution is -2.53. The Labute approximate surface area is 206 Å². The molecule has 0 radical (unpaired) electrons. The van der Waals surface area contributed by atoms with E-state index in [1.54, 1.807) is 6.20 Å². The van der Waals surface area contributed by atoms with Crippen LogP contribution in [-0.4, -0.2) is 83.3 Å². The highest BCUT2D eigenvalue weighted by Crippen LogP contribution is 2.40. The third kappa shape index (κ3) is 4.65. The molecule has 3 fully saturated rings. The molecular weight excluding hydrogens is 448 g/mol. The van der Waals surface area contributed by atoms with Gasteiger partial charge in [0.25, 0.3) is 0 Å². The van der Waals surface area contributed by atoms with Crippen molar-refractivity contribution in [3.8, 4) is 0 Å². The molecule has 1 aromatic heterocycles. The van der Waals surface area contributed by atoms with Gasteiger partial charge in [-0.3, -0.25) is 4.90 Å². The molecule has 0 atom stereocenters. The van der Waals surface area contributed by atoms with Crippen molar-refractivity contribution >= 4 is 29.5 Å². The number of hydrogen-bond acceptors (Lipinski definition) is 7. The Morgan fingerprint density at radius 3 is 2.68 bits per heavy atom. The molecule has 3 aliphatic heterocycles. The zero-order chi connectivity index (χ0) is 23.5. The van der Waals surface area contributed by atoms with Gasteiger partial charge in [0.1, 0.15) is 0 Å². The van der Waals surface area contributed by atoms with E-state index in [9.17, 15) is 4.79 Å². The molecule has 5 rings (SSSR count). The Kier molecular flexibility index (Phi) is 7.04. The second-order valence-corrected chi connectivity index (χ2v) is 10.2. The van der Waals surface area contributed by atoms with Crippen LogP contribution in [0.2, 0.25) is 0 Å². The fourth-order valence-electron chi connectivity index (χ4n) is 5.85. The summed E-state index contributed by atoms with van der Waals surface area (Å²) >= 11 is 1.47. The number of ether oxygens (including phenoxy) is 1. The fraction of sp³-hybridized carbons (Fsp3) is 0.600. The van der Waals surface area contributed by atoms with E-state index < -0.39 is 0 Å². The predicted octanol–water partition coefficient (Wildman–Crippen LogP) is 3.82. The van der Waals surface area contributed by atoms with Crippen LogP contribution in [0.3, 0.4) is 0 Å². The quantitative estimate of drug-likeness (QED) is 0.647. The molecule has 0 aliphatic carbocycles. The van der Waals surface area contributed by atoms with Crippen LogP contribution in [-0.2, 0) is 11.3 Å². The number of morpholine rings is 1. The van der Waals surface area contributed by atoms with Crippen molar-refractivity contribution in [2.75, 3.05) is 61.8 Å². The average molecular weight is 485 g/mol. The second kappa shape index (κ2) is 10.2. The monoisotopic (exact) mass is 484 g/mol. The third-order valence-corrected chi connectivity index (χ3v) is 8.24. The second-order valence-electron chi connectivity index (χ2n) is 9.63. The maximum atomic E-state index is 13.0. The van der Waals surface area contributed by atoms with Gasteiger partial charge in [-0.25, -0.2) is 4.79 Å². The van der Waals surface area contributed by atoms with E-state index in [4.69, 9.17) is 4.74 Å². The fourth-order valence-corrected chi connectivity index (χ4v) is 6.17. The number of nitrogens with one attached hydrogen (secondary N) is 1. The zero-order valence-electron chi connectivity index (χ0n) is 20.3. The normalized spacial score (nSPS) is 20.8. The Morgan fingerprint density at radius 1 is 1.12 bits per heavy atom. The van der Waals surface area contributed by atoms with Crippen LogP contribution in [0, 0.1) is 6.92 Å². The highest BCUT2D eigenvalue weighted by Gasteiger charge is 2.44. The smallest absolute Gasteiger partial charge is 0.344 e. The van der Waals surface area contributed by atoms with Gasteiger partial charge in [-0.05, 0) is 56.3 Å². The number of benzene rings is 1. The molecule has 1 N–H and O–H groups in total. The standard InChI is InChI=1S/C25H36N6O2S/c1-20-21(5-3-6-22(20)28-15-17-33-18-16-28)19-30-11-4-8-25(30)9-13-29(14-10-25)24(32)31-12-7-23(26-31)27-34-2/h3,5-7,12H,4,8-11,13-19H2,1-2H3,(H,26,27). The van der Waals surface area contributed by atoms with Crippen LogP contribution < -0.4 is 9.62 Å². The van der Waals surface area contributed by atoms with Crippen LogP contribution in [0.15, 0.2) is 30.5 Å². The van der Waals surface area contributed by atoms with Crippen LogP contribution in [0.1, 0.15) is 36.8 Å². The summed E-state index contributed by atoms with van der Waals surface area (Å²) in [5.41, 5.74) is 4.37. The molecule has 4 heterocycles. The Balaban J connectivity index is 1.24. The van der Waals surface area contributed by atoms with Crippen molar-refractivity contribution in [3.63, 3.8) is 0 Å². The van der Waals surface area contributed by atoms with Crippen molar-refractivity contribution in [3.05, 3.63) is 41.6 Å². The molecule has 184 valence electrons. The summed E-state index contributed by atoms with van der Waals surface area (Å²) in [5.74, 6) is 0.714. The van der Waals surface area contributed by atoms with Crippen molar-refractivity contribution in [2.24, 2.45) is 0 Å². The maximum absolute atomic E-state index is 13.0. The van der Waals surface area contributed by atoms with Crippen molar-refractivity contribution in [1.82, 2.24) is 19.6 Å². The molecule has 0 saturated carbocycles.